The molecule has 0 spiro atoms. The Morgan fingerprint density at radius 3 is 2.52 bits per heavy atom. The highest BCUT2D eigenvalue weighted by molar-refractivity contribution is 6.30. The number of aryl methyl sites for hydroxylation is 1. The molecule has 7 heteroatoms. The largest absolute Gasteiger partial charge is 0.495 e. The molecule has 0 aliphatic carbocycles. The summed E-state index contributed by atoms with van der Waals surface area (Å²) in [5.74, 6) is 0.826. The van der Waals surface area contributed by atoms with Gasteiger partial charge in [0, 0.05) is 31.2 Å². The van der Waals surface area contributed by atoms with Crippen LogP contribution in [0.5, 0.6) is 5.75 Å². The first-order valence-corrected chi connectivity index (χ1v) is 9.94. The highest BCUT2D eigenvalue weighted by atomic mass is 35.5. The summed E-state index contributed by atoms with van der Waals surface area (Å²) in [4.78, 5) is 17.4. The van der Waals surface area contributed by atoms with E-state index in [1.165, 1.54) is 0 Å². The van der Waals surface area contributed by atoms with E-state index in [1.54, 1.807) is 17.9 Å². The minimum Gasteiger partial charge on any atom is -0.495 e. The van der Waals surface area contributed by atoms with Crippen molar-refractivity contribution in [3.8, 4) is 11.4 Å². The summed E-state index contributed by atoms with van der Waals surface area (Å²) < 4.78 is 7.15. The van der Waals surface area contributed by atoms with Crippen LogP contribution in [0.15, 0.2) is 54.6 Å². The molecule has 2 heterocycles. The van der Waals surface area contributed by atoms with Crippen molar-refractivity contribution in [2.24, 2.45) is 0 Å². The number of ether oxygens (including phenoxy) is 1. The van der Waals surface area contributed by atoms with Gasteiger partial charge in [-0.05, 0) is 43.3 Å². The fourth-order valence-corrected chi connectivity index (χ4v) is 3.84. The van der Waals surface area contributed by atoms with Crippen molar-refractivity contribution in [1.82, 2.24) is 14.7 Å². The maximum Gasteiger partial charge on any atom is 0.272 e. The van der Waals surface area contributed by atoms with Gasteiger partial charge in [-0.15, -0.1) is 0 Å². The monoisotopic (exact) mass is 410 g/mol. The summed E-state index contributed by atoms with van der Waals surface area (Å²) in [6.07, 6.45) is 0. The number of piperazine rings is 1. The van der Waals surface area contributed by atoms with Crippen molar-refractivity contribution in [2.45, 2.75) is 6.92 Å². The van der Waals surface area contributed by atoms with Crippen LogP contribution in [-0.4, -0.2) is 53.9 Å². The number of para-hydroxylation sites is 2. The van der Waals surface area contributed by atoms with Crippen LogP contribution in [0.4, 0.5) is 5.69 Å². The first kappa shape index (κ1) is 19.3. The highest BCUT2D eigenvalue weighted by Crippen LogP contribution is 2.28. The summed E-state index contributed by atoms with van der Waals surface area (Å²) >= 11 is 6.13. The van der Waals surface area contributed by atoms with Gasteiger partial charge in [0.2, 0.25) is 0 Å². The van der Waals surface area contributed by atoms with Gasteiger partial charge < -0.3 is 14.5 Å². The number of hydrogen-bond donors (Lipinski definition) is 0. The number of nitrogens with zero attached hydrogens (tertiary/aromatic N) is 4. The fraction of sp³-hybridized carbons (Fsp3) is 0.273. The van der Waals surface area contributed by atoms with Crippen molar-refractivity contribution >= 4 is 23.2 Å². The average Bonchev–Trinajstić information content (AvgIpc) is 3.15. The predicted molar refractivity (Wildman–Crippen MR) is 114 cm³/mol. The number of carbonyl (C=O) groups is 1. The maximum absolute atomic E-state index is 13.2. The summed E-state index contributed by atoms with van der Waals surface area (Å²) in [6, 6.07) is 17.2. The summed E-state index contributed by atoms with van der Waals surface area (Å²) in [7, 11) is 1.68. The Labute approximate surface area is 175 Å². The molecule has 4 rings (SSSR count). The number of hydrogen-bond acceptors (Lipinski definition) is 4. The smallest absolute Gasteiger partial charge is 0.272 e. The Hall–Kier alpha value is -2.99. The maximum atomic E-state index is 13.2. The average molecular weight is 411 g/mol. The van der Waals surface area contributed by atoms with Crippen molar-refractivity contribution in [1.29, 1.82) is 0 Å². The summed E-state index contributed by atoms with van der Waals surface area (Å²) in [5, 5.41) is 5.12. The molecule has 0 saturated carbocycles. The number of halogens is 1. The normalized spacial score (nSPS) is 14.2. The van der Waals surface area contributed by atoms with E-state index in [0.29, 0.717) is 23.8 Å². The molecule has 1 aromatic heterocycles. The molecule has 6 nitrogen and oxygen atoms in total. The highest BCUT2D eigenvalue weighted by Gasteiger charge is 2.26. The van der Waals surface area contributed by atoms with Crippen LogP contribution in [0.2, 0.25) is 5.02 Å². The third-order valence-electron chi connectivity index (χ3n) is 5.10. The van der Waals surface area contributed by atoms with Crippen LogP contribution in [0.3, 0.4) is 0 Å². The van der Waals surface area contributed by atoms with E-state index in [0.717, 1.165) is 35.9 Å². The number of amides is 1. The number of methoxy groups -OCH3 is 1. The number of anilines is 1. The molecule has 1 aliphatic rings. The van der Waals surface area contributed by atoms with Crippen molar-refractivity contribution in [2.75, 3.05) is 38.2 Å². The zero-order valence-corrected chi connectivity index (χ0v) is 17.3. The molecule has 1 amide bonds. The van der Waals surface area contributed by atoms with Gasteiger partial charge in [-0.2, -0.15) is 5.10 Å². The molecule has 0 radical (unpaired) electrons. The number of rotatable bonds is 4. The second-order valence-electron chi connectivity index (χ2n) is 7.01. The van der Waals surface area contributed by atoms with Crippen LogP contribution in [0, 0.1) is 6.92 Å². The van der Waals surface area contributed by atoms with Gasteiger partial charge in [0.25, 0.3) is 5.91 Å². The molecule has 2 aromatic carbocycles. The first-order chi connectivity index (χ1) is 14.1. The molecule has 0 N–H and O–H groups in total. The Morgan fingerprint density at radius 1 is 1.03 bits per heavy atom. The molecule has 0 atom stereocenters. The molecule has 1 saturated heterocycles. The third-order valence-corrected chi connectivity index (χ3v) is 5.33. The van der Waals surface area contributed by atoms with Crippen molar-refractivity contribution in [3.05, 3.63) is 71.0 Å². The lowest BCUT2D eigenvalue weighted by Crippen LogP contribution is -2.49. The first-order valence-electron chi connectivity index (χ1n) is 9.56. The summed E-state index contributed by atoms with van der Waals surface area (Å²) in [5.41, 5.74) is 3.18. The fourth-order valence-electron chi connectivity index (χ4n) is 3.66. The van der Waals surface area contributed by atoms with Gasteiger partial charge in [-0.3, -0.25) is 4.79 Å². The van der Waals surface area contributed by atoms with E-state index < -0.39 is 0 Å². The molecule has 29 heavy (non-hydrogen) atoms. The Bertz CT molecular complexity index is 1030. The van der Waals surface area contributed by atoms with Gasteiger partial charge in [-0.1, -0.05) is 29.8 Å². The van der Waals surface area contributed by atoms with Crippen LogP contribution in [0.1, 0.15) is 16.2 Å². The molecule has 1 aliphatic heterocycles. The minimum absolute atomic E-state index is 0.0229. The minimum atomic E-state index is -0.0229. The lowest BCUT2D eigenvalue weighted by atomic mass is 10.2. The number of benzene rings is 2. The summed E-state index contributed by atoms with van der Waals surface area (Å²) in [6.45, 7) is 4.65. The van der Waals surface area contributed by atoms with Gasteiger partial charge in [0.1, 0.15) is 11.4 Å². The van der Waals surface area contributed by atoms with Gasteiger partial charge in [0.05, 0.1) is 24.2 Å². The molecule has 150 valence electrons. The lowest BCUT2D eigenvalue weighted by molar-refractivity contribution is 0.0737. The van der Waals surface area contributed by atoms with Crippen molar-refractivity contribution < 1.29 is 9.53 Å². The molecule has 0 unspecified atom stereocenters. The third kappa shape index (κ3) is 3.93. The molecular formula is C22H23ClN4O2. The van der Waals surface area contributed by atoms with Gasteiger partial charge in [-0.25, -0.2) is 4.68 Å². The second kappa shape index (κ2) is 8.17. The van der Waals surface area contributed by atoms with E-state index in [2.05, 4.69) is 10.00 Å². The van der Waals surface area contributed by atoms with E-state index in [4.69, 9.17) is 16.3 Å². The van der Waals surface area contributed by atoms with Gasteiger partial charge >= 0.3 is 0 Å². The van der Waals surface area contributed by atoms with Crippen LogP contribution < -0.4 is 9.64 Å². The van der Waals surface area contributed by atoms with Crippen LogP contribution >= 0.6 is 11.6 Å². The molecule has 3 aromatic rings. The van der Waals surface area contributed by atoms with Crippen molar-refractivity contribution in [3.63, 3.8) is 0 Å². The topological polar surface area (TPSA) is 50.6 Å². The molecule has 0 bridgehead atoms. The molecular weight excluding hydrogens is 388 g/mol. The second-order valence-corrected chi connectivity index (χ2v) is 7.45. The van der Waals surface area contributed by atoms with E-state index >= 15 is 0 Å². The van der Waals surface area contributed by atoms with E-state index in [-0.39, 0.29) is 5.91 Å². The quantitative estimate of drug-likeness (QED) is 0.656. The Kier molecular flexibility index (Phi) is 5.45. The van der Waals surface area contributed by atoms with E-state index in [9.17, 15) is 4.79 Å². The standard InChI is InChI=1S/C22H23ClN4O2/c1-16-14-20(27(24-16)18-7-5-6-17(23)15-18)22(28)26-12-10-25(11-13-26)19-8-3-4-9-21(19)29-2/h3-9,14-15H,10-13H2,1-2H3. The van der Waals surface area contributed by atoms with E-state index in [1.807, 2.05) is 60.4 Å². The van der Waals surface area contributed by atoms with Crippen LogP contribution in [0.25, 0.3) is 5.69 Å². The van der Waals surface area contributed by atoms with Gasteiger partial charge in [0.15, 0.2) is 0 Å². The Morgan fingerprint density at radius 2 is 1.79 bits per heavy atom. The predicted octanol–water partition coefficient (Wildman–Crippen LogP) is 3.81. The molecule has 1 fully saturated rings. The zero-order valence-electron chi connectivity index (χ0n) is 16.5. The van der Waals surface area contributed by atoms with Crippen LogP contribution in [-0.2, 0) is 0 Å². The SMILES string of the molecule is COc1ccccc1N1CCN(C(=O)c2cc(C)nn2-c2cccc(Cl)c2)CC1. The Balaban J connectivity index is 1.52. The number of aromatic nitrogens is 2. The lowest BCUT2D eigenvalue weighted by Gasteiger charge is -2.36. The zero-order chi connectivity index (χ0) is 20.4. The number of carbonyl (C=O) groups excluding carboxylic acids is 1.